The molecule has 0 bridgehead atoms. The standard InChI is InChI=1S/C33H50O/c1-23(2)10-9-11-24(3)28-14-15-29-27-17-21-33(34)22-26(25-12-7-6-8-13-25)16-20-32(33,5)30(27)18-19-31(28,29)4/h6-8,12-13,16,23-24,27-30,34H,9-11,14-15,17-22H2,1-5H3/t24-,27+,28-,29+,30+,31-,32-,33-/m1/s1. The fourth-order valence-electron chi connectivity index (χ4n) is 9.77. The predicted molar refractivity (Wildman–Crippen MR) is 144 cm³/mol. The van der Waals surface area contributed by atoms with Gasteiger partial charge in [0, 0.05) is 11.8 Å². The van der Waals surface area contributed by atoms with Crippen molar-refractivity contribution in [2.24, 2.45) is 46.3 Å². The minimum Gasteiger partial charge on any atom is -0.389 e. The average Bonchev–Trinajstić information content (AvgIpc) is 3.17. The summed E-state index contributed by atoms with van der Waals surface area (Å²) in [5.41, 5.74) is 2.71. The Bertz CT molecular complexity index is 885. The van der Waals surface area contributed by atoms with E-state index in [9.17, 15) is 5.11 Å². The van der Waals surface area contributed by atoms with Crippen molar-refractivity contribution < 1.29 is 5.11 Å². The van der Waals surface area contributed by atoms with Crippen molar-refractivity contribution in [1.29, 1.82) is 0 Å². The summed E-state index contributed by atoms with van der Waals surface area (Å²) in [7, 11) is 0. The molecule has 4 aliphatic rings. The van der Waals surface area contributed by atoms with E-state index in [1.54, 1.807) is 0 Å². The molecular weight excluding hydrogens is 412 g/mol. The van der Waals surface area contributed by atoms with Crippen LogP contribution in [0.25, 0.3) is 5.57 Å². The molecule has 0 spiro atoms. The molecule has 0 saturated heterocycles. The molecule has 0 aromatic heterocycles. The number of hydrogen-bond donors (Lipinski definition) is 1. The zero-order valence-corrected chi connectivity index (χ0v) is 22.7. The summed E-state index contributed by atoms with van der Waals surface area (Å²) in [6, 6.07) is 10.8. The van der Waals surface area contributed by atoms with E-state index >= 15 is 0 Å². The topological polar surface area (TPSA) is 20.2 Å². The van der Waals surface area contributed by atoms with E-state index in [2.05, 4.69) is 71.0 Å². The molecule has 1 nitrogen and oxygen atoms in total. The van der Waals surface area contributed by atoms with E-state index in [1.807, 2.05) is 0 Å². The smallest absolute Gasteiger partial charge is 0.0747 e. The van der Waals surface area contributed by atoms with E-state index in [-0.39, 0.29) is 5.41 Å². The molecule has 8 atom stereocenters. The molecule has 0 heterocycles. The monoisotopic (exact) mass is 462 g/mol. The lowest BCUT2D eigenvalue weighted by Crippen LogP contribution is -2.61. The first kappa shape index (κ1) is 24.6. The second-order valence-corrected chi connectivity index (χ2v) is 13.9. The van der Waals surface area contributed by atoms with Gasteiger partial charge >= 0.3 is 0 Å². The quantitative estimate of drug-likeness (QED) is 0.447. The minimum atomic E-state index is -0.538. The lowest BCUT2D eigenvalue weighted by Gasteiger charge is -2.63. The maximum atomic E-state index is 12.2. The van der Waals surface area contributed by atoms with Crippen LogP contribution in [-0.2, 0) is 0 Å². The van der Waals surface area contributed by atoms with Gasteiger partial charge < -0.3 is 5.11 Å². The van der Waals surface area contributed by atoms with Gasteiger partial charge in [0.15, 0.2) is 0 Å². The molecule has 0 unspecified atom stereocenters. The van der Waals surface area contributed by atoms with Crippen molar-refractivity contribution in [3.8, 4) is 0 Å². The Morgan fingerprint density at radius 2 is 1.68 bits per heavy atom. The maximum absolute atomic E-state index is 12.2. The molecule has 3 saturated carbocycles. The van der Waals surface area contributed by atoms with Crippen LogP contribution in [0.2, 0.25) is 0 Å². The molecular formula is C33H50O. The van der Waals surface area contributed by atoms with Gasteiger partial charge in [0.05, 0.1) is 5.60 Å². The van der Waals surface area contributed by atoms with Gasteiger partial charge in [-0.25, -0.2) is 0 Å². The van der Waals surface area contributed by atoms with E-state index in [4.69, 9.17) is 0 Å². The normalized spacial score (nSPS) is 42.5. The van der Waals surface area contributed by atoms with Gasteiger partial charge in [-0.05, 0) is 97.0 Å². The first-order chi connectivity index (χ1) is 16.2. The zero-order chi connectivity index (χ0) is 24.1. The molecule has 3 fully saturated rings. The number of allylic oxidation sites excluding steroid dienone is 1. The average molecular weight is 463 g/mol. The molecule has 0 aliphatic heterocycles. The van der Waals surface area contributed by atoms with Gasteiger partial charge in [-0.1, -0.05) is 90.3 Å². The minimum absolute atomic E-state index is 0.0382. The van der Waals surface area contributed by atoms with Crippen molar-refractivity contribution in [3.05, 3.63) is 42.0 Å². The van der Waals surface area contributed by atoms with E-state index < -0.39 is 5.60 Å². The molecule has 4 aliphatic carbocycles. The molecule has 1 aromatic carbocycles. The third kappa shape index (κ3) is 3.93. The molecule has 5 rings (SSSR count). The number of benzene rings is 1. The maximum Gasteiger partial charge on any atom is 0.0747 e. The van der Waals surface area contributed by atoms with Gasteiger partial charge in [-0.15, -0.1) is 0 Å². The summed E-state index contributed by atoms with van der Waals surface area (Å²) >= 11 is 0. The van der Waals surface area contributed by atoms with Gasteiger partial charge in [-0.3, -0.25) is 0 Å². The molecule has 188 valence electrons. The first-order valence-corrected chi connectivity index (χ1v) is 14.6. The van der Waals surface area contributed by atoms with Crippen LogP contribution in [0.1, 0.15) is 111 Å². The number of fused-ring (bicyclic) bond motifs is 5. The van der Waals surface area contributed by atoms with Crippen LogP contribution in [-0.4, -0.2) is 10.7 Å². The zero-order valence-electron chi connectivity index (χ0n) is 22.7. The van der Waals surface area contributed by atoms with Crippen LogP contribution >= 0.6 is 0 Å². The third-order valence-electron chi connectivity index (χ3n) is 11.8. The highest BCUT2D eigenvalue weighted by molar-refractivity contribution is 5.67. The number of hydrogen-bond acceptors (Lipinski definition) is 1. The van der Waals surface area contributed by atoms with Crippen molar-refractivity contribution in [1.82, 2.24) is 0 Å². The molecule has 0 amide bonds. The van der Waals surface area contributed by atoms with Gasteiger partial charge in [0.25, 0.3) is 0 Å². The van der Waals surface area contributed by atoms with Crippen LogP contribution in [0.3, 0.4) is 0 Å². The molecule has 1 heteroatoms. The highest BCUT2D eigenvalue weighted by atomic mass is 16.3. The van der Waals surface area contributed by atoms with Crippen LogP contribution in [0.5, 0.6) is 0 Å². The van der Waals surface area contributed by atoms with Crippen LogP contribution in [0.4, 0.5) is 0 Å². The van der Waals surface area contributed by atoms with Crippen LogP contribution < -0.4 is 0 Å². The summed E-state index contributed by atoms with van der Waals surface area (Å²) in [5.74, 6) is 5.01. The molecule has 1 aromatic rings. The fourth-order valence-corrected chi connectivity index (χ4v) is 9.77. The Hall–Kier alpha value is -1.08. The highest BCUT2D eigenvalue weighted by Crippen LogP contribution is 2.69. The molecule has 0 radical (unpaired) electrons. The Morgan fingerprint density at radius 1 is 0.912 bits per heavy atom. The van der Waals surface area contributed by atoms with Crippen molar-refractivity contribution in [2.75, 3.05) is 0 Å². The summed E-state index contributed by atoms with van der Waals surface area (Å²) in [6.07, 6.45) is 16.5. The van der Waals surface area contributed by atoms with Crippen LogP contribution in [0.15, 0.2) is 36.4 Å². The Labute approximate surface area is 209 Å². The fraction of sp³-hybridized carbons (Fsp3) is 0.758. The Balaban J connectivity index is 1.34. The Morgan fingerprint density at radius 3 is 2.41 bits per heavy atom. The van der Waals surface area contributed by atoms with Crippen molar-refractivity contribution >= 4 is 5.57 Å². The second kappa shape index (κ2) is 9.10. The van der Waals surface area contributed by atoms with Crippen LogP contribution in [0, 0.1) is 46.3 Å². The molecule has 1 N–H and O–H groups in total. The summed E-state index contributed by atoms with van der Waals surface area (Å²) in [4.78, 5) is 0. The van der Waals surface area contributed by atoms with E-state index in [0.29, 0.717) is 11.3 Å². The van der Waals surface area contributed by atoms with Crippen molar-refractivity contribution in [3.63, 3.8) is 0 Å². The van der Waals surface area contributed by atoms with Gasteiger partial charge in [0.2, 0.25) is 0 Å². The Kier molecular flexibility index (Phi) is 6.58. The SMILES string of the molecule is CC(C)CCC[C@@H](C)[C@H]1CC[C@H]2[C@@H]3CC[C@@]4(O)CC(c5ccccc5)=CC[C@]4(C)[C@H]3CC[C@]12C. The molecule has 34 heavy (non-hydrogen) atoms. The largest absolute Gasteiger partial charge is 0.389 e. The summed E-state index contributed by atoms with van der Waals surface area (Å²) < 4.78 is 0. The number of aliphatic hydroxyl groups is 1. The highest BCUT2D eigenvalue weighted by Gasteiger charge is 2.64. The van der Waals surface area contributed by atoms with Gasteiger partial charge in [0.1, 0.15) is 0 Å². The third-order valence-corrected chi connectivity index (χ3v) is 11.8. The van der Waals surface area contributed by atoms with Gasteiger partial charge in [-0.2, -0.15) is 0 Å². The van der Waals surface area contributed by atoms with E-state index in [0.717, 1.165) is 48.9 Å². The lowest BCUT2D eigenvalue weighted by molar-refractivity contribution is -0.186. The lowest BCUT2D eigenvalue weighted by atomic mass is 9.43. The van der Waals surface area contributed by atoms with Crippen molar-refractivity contribution in [2.45, 2.75) is 111 Å². The first-order valence-electron chi connectivity index (χ1n) is 14.6. The van der Waals surface area contributed by atoms with E-state index in [1.165, 1.54) is 62.5 Å². The predicted octanol–water partition coefficient (Wildman–Crippen LogP) is 8.92. The summed E-state index contributed by atoms with van der Waals surface area (Å²) in [6.45, 7) is 12.5. The summed E-state index contributed by atoms with van der Waals surface area (Å²) in [5, 5.41) is 12.2. The second-order valence-electron chi connectivity index (χ2n) is 13.9. The number of rotatable bonds is 6.